The van der Waals surface area contributed by atoms with Crippen LogP contribution in [0.4, 0.5) is 0 Å². The lowest BCUT2D eigenvalue weighted by Gasteiger charge is -2.13. The van der Waals surface area contributed by atoms with Crippen LogP contribution in [-0.4, -0.2) is 25.1 Å². The van der Waals surface area contributed by atoms with Crippen molar-refractivity contribution in [3.63, 3.8) is 0 Å². The molecule has 70 valence electrons. The molecule has 1 fully saturated rings. The van der Waals surface area contributed by atoms with Gasteiger partial charge in [-0.15, -0.1) is 0 Å². The summed E-state index contributed by atoms with van der Waals surface area (Å²) in [4.78, 5) is 16.3. The van der Waals surface area contributed by atoms with Crippen molar-refractivity contribution in [2.24, 2.45) is 17.8 Å². The van der Waals surface area contributed by atoms with E-state index in [4.69, 9.17) is 4.84 Å². The van der Waals surface area contributed by atoms with Gasteiger partial charge in [-0.05, 0) is 18.3 Å². The summed E-state index contributed by atoms with van der Waals surface area (Å²) in [7, 11) is 3.18. The lowest BCUT2D eigenvalue weighted by Crippen LogP contribution is -2.27. The van der Waals surface area contributed by atoms with Crippen molar-refractivity contribution in [1.82, 2.24) is 5.06 Å². The minimum Gasteiger partial charge on any atom is -0.275 e. The van der Waals surface area contributed by atoms with Crippen molar-refractivity contribution in [3.8, 4) is 0 Å². The molecular weight excluding hydrogens is 154 g/mol. The van der Waals surface area contributed by atoms with Gasteiger partial charge in [0, 0.05) is 13.0 Å². The summed E-state index contributed by atoms with van der Waals surface area (Å²) in [5.74, 6) is 1.53. The van der Waals surface area contributed by atoms with Gasteiger partial charge in [0.1, 0.15) is 0 Å². The molecule has 0 aliphatic heterocycles. The number of hydrogen-bond acceptors (Lipinski definition) is 2. The zero-order valence-corrected chi connectivity index (χ0v) is 8.20. The molecule has 0 heterocycles. The molecule has 2 atom stereocenters. The number of carbonyl (C=O) groups excluding carboxylic acids is 1. The lowest BCUT2D eigenvalue weighted by molar-refractivity contribution is -0.170. The normalized spacial score (nSPS) is 27.4. The van der Waals surface area contributed by atoms with Crippen LogP contribution >= 0.6 is 0 Å². The Balaban J connectivity index is 2.38. The molecular formula is C9H17NO2. The third-order valence-electron chi connectivity index (χ3n) is 2.60. The monoisotopic (exact) mass is 171 g/mol. The molecule has 1 saturated carbocycles. The molecule has 0 saturated heterocycles. The van der Waals surface area contributed by atoms with Crippen molar-refractivity contribution in [3.05, 3.63) is 0 Å². The first-order valence-corrected chi connectivity index (χ1v) is 4.39. The highest BCUT2D eigenvalue weighted by Gasteiger charge is 2.45. The van der Waals surface area contributed by atoms with Crippen molar-refractivity contribution in [1.29, 1.82) is 0 Å². The predicted molar refractivity (Wildman–Crippen MR) is 46.2 cm³/mol. The van der Waals surface area contributed by atoms with Gasteiger partial charge in [0.05, 0.1) is 7.11 Å². The van der Waals surface area contributed by atoms with E-state index in [1.807, 2.05) is 0 Å². The Morgan fingerprint density at radius 3 is 2.50 bits per heavy atom. The third-order valence-corrected chi connectivity index (χ3v) is 2.60. The summed E-state index contributed by atoms with van der Waals surface area (Å²) in [5.41, 5.74) is 0. The van der Waals surface area contributed by atoms with Gasteiger partial charge >= 0.3 is 0 Å². The van der Waals surface area contributed by atoms with Gasteiger partial charge in [0.15, 0.2) is 0 Å². The van der Waals surface area contributed by atoms with Crippen LogP contribution in [0, 0.1) is 17.8 Å². The molecule has 3 heteroatoms. The second-order valence-corrected chi connectivity index (χ2v) is 3.77. The molecule has 0 N–H and O–H groups in total. The number of carbonyl (C=O) groups is 1. The first-order valence-electron chi connectivity index (χ1n) is 4.39. The fourth-order valence-corrected chi connectivity index (χ4v) is 1.56. The molecule has 12 heavy (non-hydrogen) atoms. The maximum atomic E-state index is 11.5. The van der Waals surface area contributed by atoms with Crippen LogP contribution in [0.3, 0.4) is 0 Å². The summed E-state index contributed by atoms with van der Waals surface area (Å²) in [5, 5.41) is 1.33. The van der Waals surface area contributed by atoms with E-state index in [9.17, 15) is 4.79 Å². The number of nitrogens with zero attached hydrogens (tertiary/aromatic N) is 1. The minimum absolute atomic E-state index is 0.121. The van der Waals surface area contributed by atoms with Crippen LogP contribution in [0.5, 0.6) is 0 Å². The largest absolute Gasteiger partial charge is 0.275 e. The molecule has 0 aromatic heterocycles. The van der Waals surface area contributed by atoms with Gasteiger partial charge in [-0.25, -0.2) is 5.06 Å². The van der Waals surface area contributed by atoms with Crippen molar-refractivity contribution in [2.45, 2.75) is 20.3 Å². The Morgan fingerprint density at radius 2 is 2.17 bits per heavy atom. The Morgan fingerprint density at radius 1 is 1.58 bits per heavy atom. The molecule has 1 amide bonds. The fourth-order valence-electron chi connectivity index (χ4n) is 1.56. The van der Waals surface area contributed by atoms with Gasteiger partial charge < -0.3 is 0 Å². The minimum atomic E-state index is 0.121. The van der Waals surface area contributed by atoms with Gasteiger partial charge in [0.25, 0.3) is 0 Å². The fraction of sp³-hybridized carbons (Fsp3) is 0.889. The number of rotatable bonds is 3. The zero-order valence-electron chi connectivity index (χ0n) is 8.20. The van der Waals surface area contributed by atoms with E-state index >= 15 is 0 Å². The predicted octanol–water partition coefficient (Wildman–Crippen LogP) is 1.30. The quantitative estimate of drug-likeness (QED) is 0.599. The first-order chi connectivity index (χ1) is 5.57. The molecule has 1 aliphatic rings. The zero-order chi connectivity index (χ0) is 9.30. The summed E-state index contributed by atoms with van der Waals surface area (Å²) in [6.07, 6.45) is 1.03. The average Bonchev–Trinajstić information content (AvgIpc) is 2.80. The molecule has 1 unspecified atom stereocenters. The van der Waals surface area contributed by atoms with Crippen LogP contribution in [0.15, 0.2) is 0 Å². The van der Waals surface area contributed by atoms with Crippen LogP contribution in [-0.2, 0) is 9.63 Å². The standard InChI is InChI=1S/C9H17NO2/c1-6(2)7-5-8(7)9(11)10(3)12-4/h6-8H,5H2,1-4H3/t7?,8-/m1/s1. The maximum Gasteiger partial charge on any atom is 0.249 e. The van der Waals surface area contributed by atoms with Gasteiger partial charge in [-0.1, -0.05) is 13.8 Å². The van der Waals surface area contributed by atoms with Crippen molar-refractivity contribution < 1.29 is 9.63 Å². The van der Waals surface area contributed by atoms with Crippen molar-refractivity contribution >= 4 is 5.91 Å². The molecule has 0 spiro atoms. The number of amides is 1. The third kappa shape index (κ3) is 1.78. The van der Waals surface area contributed by atoms with Gasteiger partial charge in [-0.3, -0.25) is 9.63 Å². The molecule has 1 rings (SSSR count). The topological polar surface area (TPSA) is 29.5 Å². The second kappa shape index (κ2) is 3.44. The summed E-state index contributed by atoms with van der Waals surface area (Å²) < 4.78 is 0. The molecule has 0 bridgehead atoms. The van der Waals surface area contributed by atoms with Gasteiger partial charge in [0.2, 0.25) is 5.91 Å². The maximum absolute atomic E-state index is 11.5. The first kappa shape index (κ1) is 9.52. The molecule has 1 aliphatic carbocycles. The summed E-state index contributed by atoms with van der Waals surface area (Å²) >= 11 is 0. The van der Waals surface area contributed by atoms with E-state index in [-0.39, 0.29) is 11.8 Å². The molecule has 3 nitrogen and oxygen atoms in total. The Hall–Kier alpha value is -0.570. The van der Waals surface area contributed by atoms with E-state index in [1.165, 1.54) is 12.2 Å². The van der Waals surface area contributed by atoms with Crippen LogP contribution in [0.2, 0.25) is 0 Å². The Labute approximate surface area is 73.6 Å². The van der Waals surface area contributed by atoms with E-state index in [0.29, 0.717) is 11.8 Å². The Bertz CT molecular complexity index is 179. The van der Waals surface area contributed by atoms with E-state index in [1.54, 1.807) is 7.05 Å². The van der Waals surface area contributed by atoms with Crippen LogP contribution in [0.25, 0.3) is 0 Å². The average molecular weight is 171 g/mol. The molecule has 0 aromatic carbocycles. The van der Waals surface area contributed by atoms with E-state index < -0.39 is 0 Å². The summed E-state index contributed by atoms with van der Waals surface area (Å²) in [6, 6.07) is 0. The van der Waals surface area contributed by atoms with Crippen LogP contribution < -0.4 is 0 Å². The highest BCUT2D eigenvalue weighted by atomic mass is 16.7. The van der Waals surface area contributed by atoms with Crippen molar-refractivity contribution in [2.75, 3.05) is 14.2 Å². The highest BCUT2D eigenvalue weighted by Crippen LogP contribution is 2.44. The Kier molecular flexibility index (Phi) is 2.73. The van der Waals surface area contributed by atoms with E-state index in [2.05, 4.69) is 13.8 Å². The SMILES string of the molecule is CON(C)C(=O)[C@@H]1CC1C(C)C. The van der Waals surface area contributed by atoms with Crippen LogP contribution in [0.1, 0.15) is 20.3 Å². The smallest absolute Gasteiger partial charge is 0.249 e. The second-order valence-electron chi connectivity index (χ2n) is 3.77. The highest BCUT2D eigenvalue weighted by molar-refractivity contribution is 5.80. The summed E-state index contributed by atoms with van der Waals surface area (Å²) in [6.45, 7) is 4.31. The number of hydroxylamine groups is 2. The number of hydrogen-bond donors (Lipinski definition) is 0. The van der Waals surface area contributed by atoms with Gasteiger partial charge in [-0.2, -0.15) is 0 Å². The van der Waals surface area contributed by atoms with E-state index in [0.717, 1.165) is 6.42 Å². The molecule has 0 radical (unpaired) electrons. The molecule has 0 aromatic rings. The lowest BCUT2D eigenvalue weighted by atomic mass is 10.1.